The third kappa shape index (κ3) is 3.71. The van der Waals surface area contributed by atoms with Crippen LogP contribution in [0.15, 0.2) is 70.8 Å². The third-order valence-electron chi connectivity index (χ3n) is 6.73. The first-order valence-electron chi connectivity index (χ1n) is 11.7. The molecule has 0 bridgehead atoms. The number of ketones is 1. The van der Waals surface area contributed by atoms with Crippen LogP contribution in [0.2, 0.25) is 0 Å². The van der Waals surface area contributed by atoms with Crippen LogP contribution in [0.3, 0.4) is 0 Å². The highest BCUT2D eigenvalue weighted by atomic mass is 79.9. The van der Waals surface area contributed by atoms with E-state index in [4.69, 9.17) is 4.74 Å². The smallest absolute Gasteiger partial charge is 0.301 e. The van der Waals surface area contributed by atoms with Crippen molar-refractivity contribution in [2.75, 3.05) is 12.0 Å². The molecule has 0 radical (unpaired) electrons. The minimum atomic E-state index is -0.893. The van der Waals surface area contributed by atoms with Gasteiger partial charge in [-0.3, -0.25) is 14.5 Å². The summed E-state index contributed by atoms with van der Waals surface area (Å²) >= 11 is 4.73. The molecule has 1 aliphatic heterocycles. The normalized spacial score (nSPS) is 17.2. The first-order valence-corrected chi connectivity index (χ1v) is 13.3. The molecule has 1 unspecified atom stereocenters. The highest BCUT2D eigenvalue weighted by Crippen LogP contribution is 2.45. The molecular weight excluding hydrogens is 568 g/mol. The number of aryl methyl sites for hydroxylation is 2. The zero-order valence-corrected chi connectivity index (χ0v) is 23.0. The zero-order chi connectivity index (χ0) is 26.7. The maximum atomic E-state index is 13.6. The number of carbonyl (C=O) groups is 2. The fourth-order valence-electron chi connectivity index (χ4n) is 4.79. The number of rotatable bonds is 4. The summed E-state index contributed by atoms with van der Waals surface area (Å²) in [6.45, 7) is 3.74. The molecule has 3 aromatic heterocycles. The number of halogens is 1. The lowest BCUT2D eigenvalue weighted by Gasteiger charge is -2.22. The quantitative estimate of drug-likeness (QED) is 0.158. The second kappa shape index (κ2) is 9.07. The number of benzene rings is 2. The van der Waals surface area contributed by atoms with E-state index in [1.807, 2.05) is 73.0 Å². The van der Waals surface area contributed by atoms with Crippen molar-refractivity contribution in [3.63, 3.8) is 0 Å². The SMILES string of the molecule is COc1ccc2nc(N3C(=O)C(=O)C(=C(O)c4nc5c(C)cccn5c4C)C3c3ccc(Br)cc3)sc2c1. The van der Waals surface area contributed by atoms with Crippen LogP contribution in [-0.4, -0.2) is 38.3 Å². The lowest BCUT2D eigenvalue weighted by Crippen LogP contribution is -2.29. The van der Waals surface area contributed by atoms with Crippen LogP contribution in [0.1, 0.15) is 28.6 Å². The Labute approximate surface area is 230 Å². The molecule has 38 heavy (non-hydrogen) atoms. The van der Waals surface area contributed by atoms with Crippen molar-refractivity contribution >= 4 is 65.7 Å². The number of thiazole rings is 1. The Kier molecular flexibility index (Phi) is 5.81. The molecular formula is C28H21BrN4O4S. The third-order valence-corrected chi connectivity index (χ3v) is 8.28. The van der Waals surface area contributed by atoms with Gasteiger partial charge in [0.15, 0.2) is 10.9 Å². The minimum absolute atomic E-state index is 0.0293. The van der Waals surface area contributed by atoms with E-state index in [2.05, 4.69) is 25.9 Å². The van der Waals surface area contributed by atoms with Gasteiger partial charge in [0.05, 0.1) is 34.6 Å². The average molecular weight is 589 g/mol. The molecule has 8 nitrogen and oxygen atoms in total. The van der Waals surface area contributed by atoms with Gasteiger partial charge in [-0.2, -0.15) is 0 Å². The number of aromatic nitrogens is 3. The van der Waals surface area contributed by atoms with E-state index in [0.29, 0.717) is 33.3 Å². The van der Waals surface area contributed by atoms with Crippen LogP contribution in [-0.2, 0) is 9.59 Å². The fraction of sp³-hybridized carbons (Fsp3) is 0.143. The molecule has 6 rings (SSSR count). The summed E-state index contributed by atoms with van der Waals surface area (Å²) in [6.07, 6.45) is 1.85. The molecule has 1 fully saturated rings. The van der Waals surface area contributed by atoms with E-state index in [0.717, 1.165) is 14.7 Å². The number of hydrogen-bond donors (Lipinski definition) is 1. The van der Waals surface area contributed by atoms with Gasteiger partial charge in [-0.05, 0) is 61.4 Å². The number of amides is 1. The summed E-state index contributed by atoms with van der Waals surface area (Å²) in [5, 5.41) is 12.0. The van der Waals surface area contributed by atoms with Crippen LogP contribution in [0, 0.1) is 13.8 Å². The van der Waals surface area contributed by atoms with Crippen molar-refractivity contribution in [2.45, 2.75) is 19.9 Å². The Bertz CT molecular complexity index is 1810. The average Bonchev–Trinajstić information content (AvgIpc) is 3.56. The molecule has 2 aromatic carbocycles. The first kappa shape index (κ1) is 24.3. The number of ether oxygens (including phenoxy) is 1. The summed E-state index contributed by atoms with van der Waals surface area (Å²) in [5.41, 5.74) is 3.81. The number of carbonyl (C=O) groups excluding carboxylic acids is 2. The number of fused-ring (bicyclic) bond motifs is 2. The van der Waals surface area contributed by atoms with Gasteiger partial charge in [-0.25, -0.2) is 9.97 Å². The summed E-state index contributed by atoms with van der Waals surface area (Å²) < 4.78 is 8.84. The van der Waals surface area contributed by atoms with Gasteiger partial charge in [-0.1, -0.05) is 45.5 Å². The largest absolute Gasteiger partial charge is 0.505 e. The minimum Gasteiger partial charge on any atom is -0.505 e. The number of methoxy groups -OCH3 is 1. The lowest BCUT2D eigenvalue weighted by atomic mass is 9.96. The zero-order valence-electron chi connectivity index (χ0n) is 20.6. The van der Waals surface area contributed by atoms with Crippen LogP contribution < -0.4 is 9.64 Å². The van der Waals surface area contributed by atoms with E-state index in [1.54, 1.807) is 13.2 Å². The summed E-state index contributed by atoms with van der Waals surface area (Å²) in [4.78, 5) is 37.8. The number of anilines is 1. The van der Waals surface area contributed by atoms with Gasteiger partial charge >= 0.3 is 5.91 Å². The van der Waals surface area contributed by atoms with Crippen molar-refractivity contribution in [1.29, 1.82) is 0 Å². The summed E-state index contributed by atoms with van der Waals surface area (Å²) in [7, 11) is 1.58. The number of aliphatic hydroxyl groups excluding tert-OH is 1. The molecule has 1 amide bonds. The monoisotopic (exact) mass is 588 g/mol. The predicted molar refractivity (Wildman–Crippen MR) is 150 cm³/mol. The summed E-state index contributed by atoms with van der Waals surface area (Å²) in [5.74, 6) is -1.21. The Hall–Kier alpha value is -4.02. The van der Waals surface area contributed by atoms with Crippen LogP contribution in [0.25, 0.3) is 21.6 Å². The predicted octanol–water partition coefficient (Wildman–Crippen LogP) is 5.96. The van der Waals surface area contributed by atoms with E-state index < -0.39 is 17.7 Å². The molecule has 1 atom stereocenters. The molecule has 0 saturated carbocycles. The number of aliphatic hydroxyl groups is 1. The van der Waals surface area contributed by atoms with Crippen molar-refractivity contribution in [3.8, 4) is 5.75 Å². The van der Waals surface area contributed by atoms with Gasteiger partial charge in [0.25, 0.3) is 5.78 Å². The second-order valence-corrected chi connectivity index (χ2v) is 10.9. The van der Waals surface area contributed by atoms with Crippen molar-refractivity contribution < 1.29 is 19.4 Å². The fourth-order valence-corrected chi connectivity index (χ4v) is 6.07. The van der Waals surface area contributed by atoms with Gasteiger partial charge in [-0.15, -0.1) is 0 Å². The van der Waals surface area contributed by atoms with Crippen molar-refractivity contribution in [3.05, 3.63) is 93.4 Å². The topological polar surface area (TPSA) is 97.0 Å². The molecule has 190 valence electrons. The van der Waals surface area contributed by atoms with E-state index in [9.17, 15) is 14.7 Å². The lowest BCUT2D eigenvalue weighted by molar-refractivity contribution is -0.132. The van der Waals surface area contributed by atoms with Gasteiger partial charge in [0.1, 0.15) is 17.1 Å². The Morgan fingerprint density at radius 1 is 1.08 bits per heavy atom. The highest BCUT2D eigenvalue weighted by molar-refractivity contribution is 9.10. The molecule has 0 aliphatic carbocycles. The van der Waals surface area contributed by atoms with Crippen LogP contribution in [0.5, 0.6) is 5.75 Å². The molecule has 1 aliphatic rings. The molecule has 1 N–H and O–H groups in total. The second-order valence-electron chi connectivity index (χ2n) is 8.98. The van der Waals surface area contributed by atoms with Crippen molar-refractivity contribution in [2.24, 2.45) is 0 Å². The highest BCUT2D eigenvalue weighted by Gasteiger charge is 2.48. The molecule has 1 saturated heterocycles. The standard InChI is InChI=1S/C28H21BrN4O4S/c1-14-5-4-12-32-15(2)22(31-26(14)32)24(34)21-23(16-6-8-17(29)9-7-16)33(27(36)25(21)35)28-30-19-11-10-18(37-3)13-20(19)38-28/h4-13,23,34H,1-3H3. The van der Waals surface area contributed by atoms with Crippen molar-refractivity contribution in [1.82, 2.24) is 14.4 Å². The van der Waals surface area contributed by atoms with Gasteiger partial charge in [0.2, 0.25) is 0 Å². The van der Waals surface area contributed by atoms with Crippen LogP contribution in [0.4, 0.5) is 5.13 Å². The number of Topliss-reactive ketones (excluding diaryl/α,β-unsaturated/α-hetero) is 1. The van der Waals surface area contributed by atoms with E-state index in [1.165, 1.54) is 16.2 Å². The van der Waals surface area contributed by atoms with Crippen LogP contribution >= 0.6 is 27.3 Å². The number of pyridine rings is 1. The summed E-state index contributed by atoms with van der Waals surface area (Å²) in [6, 6.07) is 15.7. The Morgan fingerprint density at radius 3 is 2.55 bits per heavy atom. The van der Waals surface area contributed by atoms with E-state index in [-0.39, 0.29) is 17.0 Å². The van der Waals surface area contributed by atoms with Gasteiger partial charge < -0.3 is 14.2 Å². The Morgan fingerprint density at radius 2 is 1.84 bits per heavy atom. The molecule has 0 spiro atoms. The number of imidazole rings is 1. The molecule has 4 heterocycles. The molecule has 10 heteroatoms. The van der Waals surface area contributed by atoms with E-state index >= 15 is 0 Å². The maximum Gasteiger partial charge on any atom is 0.301 e. The number of hydrogen-bond acceptors (Lipinski definition) is 7. The van der Waals surface area contributed by atoms with Gasteiger partial charge in [0, 0.05) is 10.7 Å². The number of nitrogens with zero attached hydrogens (tertiary/aromatic N) is 4. The first-order chi connectivity index (χ1) is 18.3. The maximum absolute atomic E-state index is 13.6. The Balaban J connectivity index is 1.58. The molecule has 5 aromatic rings.